The number of nitrogens with zero attached hydrogens (tertiary/aromatic N) is 3. The molecule has 29 heavy (non-hydrogen) atoms. The summed E-state index contributed by atoms with van der Waals surface area (Å²) in [6.07, 6.45) is 4.73. The fourth-order valence-corrected chi connectivity index (χ4v) is 4.10. The molecule has 3 heterocycles. The predicted molar refractivity (Wildman–Crippen MR) is 116 cm³/mol. The molecule has 1 fully saturated rings. The van der Waals surface area contributed by atoms with E-state index in [1.807, 2.05) is 36.5 Å². The summed E-state index contributed by atoms with van der Waals surface area (Å²) < 4.78 is 0. The number of para-hydroxylation sites is 1. The van der Waals surface area contributed by atoms with E-state index in [1.165, 1.54) is 12.1 Å². The minimum absolute atomic E-state index is 0.411. The molecule has 4 aromatic rings. The number of nitrogens with one attached hydrogen (secondary N) is 2. The van der Waals surface area contributed by atoms with E-state index in [0.29, 0.717) is 11.9 Å². The molecule has 0 aliphatic carbocycles. The van der Waals surface area contributed by atoms with Crippen molar-refractivity contribution in [1.29, 1.82) is 0 Å². The van der Waals surface area contributed by atoms with Crippen molar-refractivity contribution < 1.29 is 4.90 Å². The third kappa shape index (κ3) is 3.96. The van der Waals surface area contributed by atoms with Gasteiger partial charge in [-0.25, -0.2) is 9.97 Å². The Hall–Kier alpha value is -3.31. The highest BCUT2D eigenvalue weighted by Gasteiger charge is 2.27. The van der Waals surface area contributed by atoms with Crippen LogP contribution in [0.2, 0.25) is 0 Å². The number of likely N-dealkylation sites (tertiary alicyclic amines) is 1. The second-order valence-electron chi connectivity index (χ2n) is 7.65. The molecule has 0 spiro atoms. The molecule has 2 atom stereocenters. The second-order valence-corrected chi connectivity index (χ2v) is 7.65. The Kier molecular flexibility index (Phi) is 4.88. The number of benzene rings is 2. The standard InChI is InChI=1S/C24H23N5/c1-2-7-18(8-3-1)16-29-14-12-20(17-29)26-24-21-10-4-5-11-22(21)27-23(28-24)19-9-6-13-25-15-19/h1-11,13,15,20H,12,14,16-17H2,(H,26,27,28)/p+1/t20-/m0/s1. The Morgan fingerprint density at radius 2 is 1.79 bits per heavy atom. The van der Waals surface area contributed by atoms with E-state index in [-0.39, 0.29) is 0 Å². The van der Waals surface area contributed by atoms with Crippen LogP contribution in [0.5, 0.6) is 0 Å². The lowest BCUT2D eigenvalue weighted by Crippen LogP contribution is -3.09. The highest BCUT2D eigenvalue weighted by molar-refractivity contribution is 5.90. The zero-order valence-electron chi connectivity index (χ0n) is 16.3. The lowest BCUT2D eigenvalue weighted by atomic mass is 10.2. The molecule has 5 nitrogen and oxygen atoms in total. The van der Waals surface area contributed by atoms with Crippen LogP contribution in [-0.4, -0.2) is 34.1 Å². The van der Waals surface area contributed by atoms with Gasteiger partial charge in [-0.1, -0.05) is 42.5 Å². The third-order valence-corrected chi connectivity index (χ3v) is 5.54. The summed E-state index contributed by atoms with van der Waals surface area (Å²) >= 11 is 0. The van der Waals surface area contributed by atoms with Gasteiger partial charge in [0.1, 0.15) is 12.4 Å². The molecule has 1 saturated heterocycles. The minimum atomic E-state index is 0.411. The number of hydrogen-bond acceptors (Lipinski definition) is 4. The van der Waals surface area contributed by atoms with Gasteiger partial charge < -0.3 is 10.2 Å². The van der Waals surface area contributed by atoms with E-state index in [9.17, 15) is 0 Å². The number of pyridine rings is 1. The SMILES string of the molecule is c1ccc(C[NH+]2CC[C@H](Nc3nc(-c4cccnc4)nc4ccccc34)C2)cc1. The smallest absolute Gasteiger partial charge is 0.163 e. The van der Waals surface area contributed by atoms with E-state index < -0.39 is 0 Å². The van der Waals surface area contributed by atoms with Gasteiger partial charge in [-0.2, -0.15) is 0 Å². The van der Waals surface area contributed by atoms with Crippen LogP contribution in [0, 0.1) is 0 Å². The van der Waals surface area contributed by atoms with Crippen molar-refractivity contribution in [3.8, 4) is 11.4 Å². The average molecular weight is 382 g/mol. The quantitative estimate of drug-likeness (QED) is 0.557. The number of fused-ring (bicyclic) bond motifs is 1. The fourth-order valence-electron chi connectivity index (χ4n) is 4.10. The Balaban J connectivity index is 1.39. The van der Waals surface area contributed by atoms with Crippen LogP contribution in [0.4, 0.5) is 5.82 Å². The number of anilines is 1. The first-order chi connectivity index (χ1) is 14.3. The highest BCUT2D eigenvalue weighted by atomic mass is 15.2. The van der Waals surface area contributed by atoms with E-state index in [0.717, 1.165) is 41.8 Å². The van der Waals surface area contributed by atoms with E-state index >= 15 is 0 Å². The molecule has 1 unspecified atom stereocenters. The Morgan fingerprint density at radius 3 is 2.66 bits per heavy atom. The molecule has 0 saturated carbocycles. The van der Waals surface area contributed by atoms with Gasteiger partial charge in [0.2, 0.25) is 0 Å². The minimum Gasteiger partial charge on any atom is -0.361 e. The zero-order chi connectivity index (χ0) is 19.5. The summed E-state index contributed by atoms with van der Waals surface area (Å²) in [6, 6.07) is 23.3. The molecule has 0 amide bonds. The summed E-state index contributed by atoms with van der Waals surface area (Å²) in [4.78, 5) is 15.5. The van der Waals surface area contributed by atoms with Crippen LogP contribution in [-0.2, 0) is 6.54 Å². The van der Waals surface area contributed by atoms with Crippen molar-refractivity contribution in [2.24, 2.45) is 0 Å². The summed E-state index contributed by atoms with van der Waals surface area (Å²) in [5.74, 6) is 1.63. The molecule has 1 aliphatic heterocycles. The maximum atomic E-state index is 4.87. The molecule has 0 radical (unpaired) electrons. The fraction of sp³-hybridized carbons (Fsp3) is 0.208. The van der Waals surface area contributed by atoms with Crippen LogP contribution >= 0.6 is 0 Å². The number of rotatable bonds is 5. The van der Waals surface area contributed by atoms with Crippen LogP contribution in [0.1, 0.15) is 12.0 Å². The largest absolute Gasteiger partial charge is 0.361 e. The van der Waals surface area contributed by atoms with E-state index in [2.05, 4.69) is 46.7 Å². The normalized spacial score (nSPS) is 18.8. The summed E-state index contributed by atoms with van der Waals surface area (Å²) in [7, 11) is 0. The third-order valence-electron chi connectivity index (χ3n) is 5.54. The molecule has 5 heteroatoms. The van der Waals surface area contributed by atoms with Gasteiger partial charge >= 0.3 is 0 Å². The number of quaternary nitrogens is 1. The highest BCUT2D eigenvalue weighted by Crippen LogP contribution is 2.25. The van der Waals surface area contributed by atoms with Crippen molar-refractivity contribution in [3.05, 3.63) is 84.7 Å². The van der Waals surface area contributed by atoms with Crippen molar-refractivity contribution in [1.82, 2.24) is 15.0 Å². The van der Waals surface area contributed by atoms with Crippen LogP contribution in [0.15, 0.2) is 79.1 Å². The van der Waals surface area contributed by atoms with Gasteiger partial charge in [0.25, 0.3) is 0 Å². The molecule has 2 N–H and O–H groups in total. The van der Waals surface area contributed by atoms with Crippen LogP contribution in [0.3, 0.4) is 0 Å². The van der Waals surface area contributed by atoms with Crippen molar-refractivity contribution in [2.75, 3.05) is 18.4 Å². The second kappa shape index (κ2) is 7.97. The first kappa shape index (κ1) is 17.8. The molecule has 2 aromatic heterocycles. The van der Waals surface area contributed by atoms with Gasteiger partial charge in [0, 0.05) is 35.3 Å². The van der Waals surface area contributed by atoms with Gasteiger partial charge in [-0.3, -0.25) is 4.98 Å². The number of aromatic nitrogens is 3. The van der Waals surface area contributed by atoms with Gasteiger partial charge in [0.15, 0.2) is 5.82 Å². The van der Waals surface area contributed by atoms with Crippen molar-refractivity contribution in [2.45, 2.75) is 19.0 Å². The lowest BCUT2D eigenvalue weighted by molar-refractivity contribution is -0.901. The van der Waals surface area contributed by atoms with Crippen LogP contribution < -0.4 is 10.2 Å². The molecule has 144 valence electrons. The Bertz CT molecular complexity index is 1100. The van der Waals surface area contributed by atoms with E-state index in [1.54, 1.807) is 11.1 Å². The summed E-state index contributed by atoms with van der Waals surface area (Å²) in [5.41, 5.74) is 3.29. The average Bonchev–Trinajstić information content (AvgIpc) is 3.21. The summed E-state index contributed by atoms with van der Waals surface area (Å²) in [5, 5.41) is 4.78. The summed E-state index contributed by atoms with van der Waals surface area (Å²) in [6.45, 7) is 3.34. The van der Waals surface area contributed by atoms with E-state index in [4.69, 9.17) is 9.97 Å². The van der Waals surface area contributed by atoms with Crippen molar-refractivity contribution in [3.63, 3.8) is 0 Å². The maximum Gasteiger partial charge on any atom is 0.163 e. The molecule has 1 aliphatic rings. The Labute approximate surface area is 170 Å². The zero-order valence-corrected chi connectivity index (χ0v) is 16.3. The molecule has 0 bridgehead atoms. The number of hydrogen-bond donors (Lipinski definition) is 2. The van der Waals surface area contributed by atoms with Gasteiger partial charge in [-0.15, -0.1) is 0 Å². The van der Waals surface area contributed by atoms with Crippen molar-refractivity contribution >= 4 is 16.7 Å². The molecular weight excluding hydrogens is 358 g/mol. The monoisotopic (exact) mass is 382 g/mol. The molecular formula is C24H24N5+. The van der Waals surface area contributed by atoms with Gasteiger partial charge in [-0.05, 0) is 24.3 Å². The molecule has 5 rings (SSSR count). The maximum absolute atomic E-state index is 4.87. The van der Waals surface area contributed by atoms with Gasteiger partial charge in [0.05, 0.1) is 24.6 Å². The first-order valence-electron chi connectivity index (χ1n) is 10.2. The molecule has 2 aromatic carbocycles. The predicted octanol–water partition coefficient (Wildman–Crippen LogP) is 2.96. The first-order valence-corrected chi connectivity index (χ1v) is 10.2. The lowest BCUT2D eigenvalue weighted by Gasteiger charge is -2.16. The van der Waals surface area contributed by atoms with Crippen LogP contribution in [0.25, 0.3) is 22.3 Å². The topological polar surface area (TPSA) is 55.1 Å². The Morgan fingerprint density at radius 1 is 0.931 bits per heavy atom.